The Morgan fingerprint density at radius 2 is 2.29 bits per heavy atom. The number of hydrogen-bond donors (Lipinski definition) is 1. The van der Waals surface area contributed by atoms with Gasteiger partial charge in [-0.05, 0) is 18.0 Å². The second kappa shape index (κ2) is 5.46. The first kappa shape index (κ1) is 12.3. The van der Waals surface area contributed by atoms with Crippen molar-refractivity contribution in [1.82, 2.24) is 15.0 Å². The van der Waals surface area contributed by atoms with Crippen molar-refractivity contribution in [1.29, 1.82) is 0 Å². The maximum atomic E-state index is 5.86. The van der Waals surface area contributed by atoms with E-state index in [0.717, 1.165) is 19.5 Å². The van der Waals surface area contributed by atoms with Gasteiger partial charge in [0.2, 0.25) is 17.2 Å². The van der Waals surface area contributed by atoms with Gasteiger partial charge in [0.05, 0.1) is 12.7 Å². The Morgan fingerprint density at radius 1 is 1.47 bits per heavy atom. The summed E-state index contributed by atoms with van der Waals surface area (Å²) >= 11 is 5.86. The van der Waals surface area contributed by atoms with Crippen LogP contribution in [0.1, 0.15) is 13.3 Å². The monoisotopic (exact) mass is 257 g/mol. The summed E-state index contributed by atoms with van der Waals surface area (Å²) in [7, 11) is 1.75. The lowest BCUT2D eigenvalue weighted by Gasteiger charge is -2.32. The van der Waals surface area contributed by atoms with Crippen molar-refractivity contribution in [2.75, 3.05) is 37.0 Å². The highest BCUT2D eigenvalue weighted by Gasteiger charge is 2.21. The van der Waals surface area contributed by atoms with Crippen molar-refractivity contribution in [3.05, 3.63) is 5.28 Å². The molecule has 1 fully saturated rings. The first-order chi connectivity index (χ1) is 8.22. The van der Waals surface area contributed by atoms with Gasteiger partial charge in [0.25, 0.3) is 0 Å². The summed E-state index contributed by atoms with van der Waals surface area (Å²) in [6, 6.07) is 0. The number of hydrogen-bond acceptors (Lipinski definition) is 6. The van der Waals surface area contributed by atoms with Crippen molar-refractivity contribution in [2.45, 2.75) is 19.4 Å². The molecule has 7 heteroatoms. The number of aromatic nitrogens is 3. The fraction of sp³-hybridized carbons (Fsp3) is 0.700. The predicted molar refractivity (Wildman–Crippen MR) is 66.6 cm³/mol. The van der Waals surface area contributed by atoms with E-state index in [1.54, 1.807) is 7.05 Å². The molecule has 1 aromatic heterocycles. The highest BCUT2D eigenvalue weighted by molar-refractivity contribution is 6.28. The highest BCUT2D eigenvalue weighted by Crippen LogP contribution is 2.17. The van der Waals surface area contributed by atoms with Crippen LogP contribution >= 0.6 is 11.6 Å². The van der Waals surface area contributed by atoms with Crippen molar-refractivity contribution < 1.29 is 4.74 Å². The fourth-order valence-corrected chi connectivity index (χ4v) is 1.90. The van der Waals surface area contributed by atoms with Crippen LogP contribution < -0.4 is 10.2 Å². The summed E-state index contributed by atoms with van der Waals surface area (Å²) in [5, 5.41) is 3.08. The lowest BCUT2D eigenvalue weighted by atomic mass is 10.2. The number of ether oxygens (including phenoxy) is 1. The number of halogens is 1. The van der Waals surface area contributed by atoms with E-state index in [2.05, 4.69) is 32.1 Å². The molecule has 0 aliphatic carbocycles. The van der Waals surface area contributed by atoms with E-state index in [1.807, 2.05) is 0 Å². The normalized spacial score (nSPS) is 20.4. The van der Waals surface area contributed by atoms with E-state index < -0.39 is 0 Å². The molecule has 6 nitrogen and oxygen atoms in total. The third-order valence-corrected chi connectivity index (χ3v) is 2.87. The van der Waals surface area contributed by atoms with Gasteiger partial charge in [0.1, 0.15) is 0 Å². The molecule has 0 bridgehead atoms. The SMILES string of the molecule is CCC1CN(c2nc(Cl)nc(NC)n2)CCO1. The summed E-state index contributed by atoms with van der Waals surface area (Å²) in [6.07, 6.45) is 1.21. The molecule has 1 N–H and O–H groups in total. The molecule has 0 amide bonds. The van der Waals surface area contributed by atoms with E-state index in [4.69, 9.17) is 16.3 Å². The molecule has 1 atom stereocenters. The van der Waals surface area contributed by atoms with Crippen LogP contribution in [0.3, 0.4) is 0 Å². The van der Waals surface area contributed by atoms with Crippen molar-refractivity contribution >= 4 is 23.5 Å². The van der Waals surface area contributed by atoms with Gasteiger partial charge in [-0.1, -0.05) is 6.92 Å². The Bertz CT molecular complexity index is 389. The third kappa shape index (κ3) is 2.95. The van der Waals surface area contributed by atoms with Gasteiger partial charge in [-0.2, -0.15) is 15.0 Å². The summed E-state index contributed by atoms with van der Waals surface area (Å²) < 4.78 is 5.60. The molecule has 1 unspecified atom stereocenters. The minimum absolute atomic E-state index is 0.207. The highest BCUT2D eigenvalue weighted by atomic mass is 35.5. The van der Waals surface area contributed by atoms with E-state index >= 15 is 0 Å². The zero-order valence-electron chi connectivity index (χ0n) is 9.98. The molecule has 0 spiro atoms. The molecule has 1 saturated heterocycles. The number of rotatable bonds is 3. The summed E-state index contributed by atoms with van der Waals surface area (Å²) in [5.74, 6) is 1.09. The molecular formula is C10H16ClN5O. The summed E-state index contributed by atoms with van der Waals surface area (Å²) in [4.78, 5) is 14.5. The molecule has 0 aromatic carbocycles. The lowest BCUT2D eigenvalue weighted by molar-refractivity contribution is 0.0379. The Kier molecular flexibility index (Phi) is 3.96. The molecular weight excluding hydrogens is 242 g/mol. The summed E-state index contributed by atoms with van der Waals surface area (Å²) in [5.41, 5.74) is 0. The Labute approximate surface area is 105 Å². The maximum Gasteiger partial charge on any atom is 0.231 e. The quantitative estimate of drug-likeness (QED) is 0.877. The summed E-state index contributed by atoms with van der Waals surface area (Å²) in [6.45, 7) is 4.37. The second-order valence-electron chi connectivity index (χ2n) is 3.83. The Morgan fingerprint density at radius 3 is 3.00 bits per heavy atom. The van der Waals surface area contributed by atoms with Gasteiger partial charge in [-0.3, -0.25) is 0 Å². The average molecular weight is 258 g/mol. The Balaban J connectivity index is 2.18. The van der Waals surface area contributed by atoms with Crippen LogP contribution in [0.5, 0.6) is 0 Å². The number of nitrogens with one attached hydrogen (secondary N) is 1. The molecule has 17 heavy (non-hydrogen) atoms. The molecule has 1 aliphatic rings. The van der Waals surface area contributed by atoms with Gasteiger partial charge < -0.3 is 15.0 Å². The minimum Gasteiger partial charge on any atom is -0.375 e. The standard InChI is InChI=1S/C10H16ClN5O/c1-3-7-6-16(4-5-17-7)10-14-8(11)13-9(12-2)15-10/h7H,3-6H2,1-2H3,(H,12,13,14,15). The van der Waals surface area contributed by atoms with Crippen molar-refractivity contribution in [3.63, 3.8) is 0 Å². The maximum absolute atomic E-state index is 5.86. The third-order valence-electron chi connectivity index (χ3n) is 2.70. The molecule has 0 radical (unpaired) electrons. The van der Waals surface area contributed by atoms with Crippen LogP contribution in [0, 0.1) is 0 Å². The minimum atomic E-state index is 0.207. The largest absolute Gasteiger partial charge is 0.375 e. The smallest absolute Gasteiger partial charge is 0.231 e. The number of morpholine rings is 1. The topological polar surface area (TPSA) is 63.2 Å². The van der Waals surface area contributed by atoms with Gasteiger partial charge in [0.15, 0.2) is 0 Å². The second-order valence-corrected chi connectivity index (χ2v) is 4.16. The van der Waals surface area contributed by atoms with E-state index in [0.29, 0.717) is 18.5 Å². The molecule has 2 rings (SSSR count). The fourth-order valence-electron chi connectivity index (χ4n) is 1.74. The molecule has 1 aliphatic heterocycles. The molecule has 2 heterocycles. The predicted octanol–water partition coefficient (Wildman–Crippen LogP) is 1.18. The lowest BCUT2D eigenvalue weighted by Crippen LogP contribution is -2.43. The van der Waals surface area contributed by atoms with Gasteiger partial charge in [0, 0.05) is 20.1 Å². The molecule has 1 aromatic rings. The van der Waals surface area contributed by atoms with Crippen molar-refractivity contribution in [2.24, 2.45) is 0 Å². The van der Waals surface area contributed by atoms with Gasteiger partial charge >= 0.3 is 0 Å². The first-order valence-electron chi connectivity index (χ1n) is 5.68. The van der Waals surface area contributed by atoms with Gasteiger partial charge in [-0.25, -0.2) is 0 Å². The zero-order valence-corrected chi connectivity index (χ0v) is 10.7. The van der Waals surface area contributed by atoms with Crippen LogP contribution in [0.15, 0.2) is 0 Å². The van der Waals surface area contributed by atoms with Crippen LogP contribution in [0.25, 0.3) is 0 Å². The average Bonchev–Trinajstić information content (AvgIpc) is 2.38. The number of nitrogens with zero attached hydrogens (tertiary/aromatic N) is 4. The van der Waals surface area contributed by atoms with E-state index in [1.165, 1.54) is 0 Å². The van der Waals surface area contributed by atoms with E-state index in [9.17, 15) is 0 Å². The van der Waals surface area contributed by atoms with Gasteiger partial charge in [-0.15, -0.1) is 0 Å². The van der Waals surface area contributed by atoms with E-state index in [-0.39, 0.29) is 11.4 Å². The van der Waals surface area contributed by atoms with Crippen LogP contribution in [0.2, 0.25) is 5.28 Å². The van der Waals surface area contributed by atoms with Crippen molar-refractivity contribution in [3.8, 4) is 0 Å². The van der Waals surface area contributed by atoms with Crippen LogP contribution in [0.4, 0.5) is 11.9 Å². The number of anilines is 2. The molecule has 94 valence electrons. The van der Waals surface area contributed by atoms with Crippen LogP contribution in [-0.4, -0.2) is 47.8 Å². The van der Waals surface area contributed by atoms with Crippen LogP contribution in [-0.2, 0) is 4.74 Å². The first-order valence-corrected chi connectivity index (χ1v) is 6.06. The molecule has 0 saturated carbocycles. The zero-order chi connectivity index (χ0) is 12.3. The Hall–Kier alpha value is -1.14.